The summed E-state index contributed by atoms with van der Waals surface area (Å²) in [6.07, 6.45) is 0. The summed E-state index contributed by atoms with van der Waals surface area (Å²) in [5.74, 6) is 0.237. The lowest BCUT2D eigenvalue weighted by Crippen LogP contribution is -2.37. The van der Waals surface area contributed by atoms with E-state index >= 15 is 0 Å². The maximum absolute atomic E-state index is 11.8. The maximum atomic E-state index is 11.8. The third-order valence-electron chi connectivity index (χ3n) is 3.08. The summed E-state index contributed by atoms with van der Waals surface area (Å²) < 4.78 is 5.36. The summed E-state index contributed by atoms with van der Waals surface area (Å²) in [7, 11) is 0. The van der Waals surface area contributed by atoms with Gasteiger partial charge in [-0.3, -0.25) is 10.1 Å². The number of thiocarbonyl (C=S) groups is 1. The smallest absolute Gasteiger partial charge is 0.264 e. The first kappa shape index (κ1) is 17.2. The second-order valence-electron chi connectivity index (χ2n) is 5.06. The molecule has 6 heteroatoms. The Kier molecular flexibility index (Phi) is 5.96. The third kappa shape index (κ3) is 5.54. The van der Waals surface area contributed by atoms with Crippen LogP contribution >= 0.6 is 23.8 Å². The number of ether oxygens (including phenoxy) is 1. The number of hydrogen-bond donors (Lipinski definition) is 2. The molecule has 0 aliphatic rings. The van der Waals surface area contributed by atoms with Crippen LogP contribution in [-0.2, 0) is 4.79 Å². The molecule has 0 spiro atoms. The molecular formula is C17H17ClN2O2S. The van der Waals surface area contributed by atoms with Crippen molar-refractivity contribution in [2.24, 2.45) is 0 Å². The van der Waals surface area contributed by atoms with Crippen LogP contribution in [0, 0.1) is 13.8 Å². The predicted molar refractivity (Wildman–Crippen MR) is 97.2 cm³/mol. The molecule has 0 heterocycles. The van der Waals surface area contributed by atoms with E-state index in [-0.39, 0.29) is 17.6 Å². The minimum absolute atomic E-state index is 0.129. The standard InChI is InChI=1S/C17H17ClN2O2S/c1-11-3-4-12(2)15(9-11)19-17(23)20-16(21)10-22-14-7-5-13(18)6-8-14/h3-9H,10H2,1-2H3,(H2,19,20,21,23). The predicted octanol–water partition coefficient (Wildman–Crippen LogP) is 3.85. The van der Waals surface area contributed by atoms with Gasteiger partial charge in [-0.1, -0.05) is 23.7 Å². The van der Waals surface area contributed by atoms with Crippen LogP contribution in [0.15, 0.2) is 42.5 Å². The number of amides is 1. The molecule has 2 aromatic carbocycles. The van der Waals surface area contributed by atoms with Gasteiger partial charge < -0.3 is 10.1 Å². The summed E-state index contributed by atoms with van der Waals surface area (Å²) >= 11 is 10.9. The quantitative estimate of drug-likeness (QED) is 0.824. The second kappa shape index (κ2) is 7.94. The fraction of sp³-hybridized carbons (Fsp3) is 0.176. The number of nitrogens with one attached hydrogen (secondary N) is 2. The van der Waals surface area contributed by atoms with E-state index in [1.54, 1.807) is 24.3 Å². The van der Waals surface area contributed by atoms with Gasteiger partial charge >= 0.3 is 0 Å². The Morgan fingerprint density at radius 1 is 1.17 bits per heavy atom. The number of hydrogen-bond acceptors (Lipinski definition) is 3. The summed E-state index contributed by atoms with van der Waals surface area (Å²) in [5, 5.41) is 6.45. The number of halogens is 1. The minimum Gasteiger partial charge on any atom is -0.484 e. The van der Waals surface area contributed by atoms with Crippen LogP contribution in [-0.4, -0.2) is 17.6 Å². The van der Waals surface area contributed by atoms with Crippen molar-refractivity contribution in [1.29, 1.82) is 0 Å². The molecule has 23 heavy (non-hydrogen) atoms. The fourth-order valence-corrected chi connectivity index (χ4v) is 2.22. The molecule has 2 aromatic rings. The topological polar surface area (TPSA) is 50.4 Å². The average Bonchev–Trinajstić information content (AvgIpc) is 2.50. The molecule has 120 valence electrons. The number of anilines is 1. The molecule has 2 N–H and O–H groups in total. The lowest BCUT2D eigenvalue weighted by Gasteiger charge is -2.12. The molecule has 2 rings (SSSR count). The largest absolute Gasteiger partial charge is 0.484 e. The van der Waals surface area contributed by atoms with Crippen molar-refractivity contribution in [3.05, 3.63) is 58.6 Å². The van der Waals surface area contributed by atoms with E-state index in [2.05, 4.69) is 10.6 Å². The van der Waals surface area contributed by atoms with Crippen LogP contribution in [0.2, 0.25) is 5.02 Å². The number of rotatable bonds is 4. The molecule has 0 aliphatic heterocycles. The molecule has 1 amide bonds. The first-order valence-corrected chi connectivity index (χ1v) is 7.79. The molecule has 0 bridgehead atoms. The van der Waals surface area contributed by atoms with Crippen molar-refractivity contribution in [3.8, 4) is 5.75 Å². The summed E-state index contributed by atoms with van der Waals surface area (Å²) in [5.41, 5.74) is 3.02. The van der Waals surface area contributed by atoms with Gasteiger partial charge in [-0.05, 0) is 67.5 Å². The molecule has 0 radical (unpaired) electrons. The Bertz CT molecular complexity index is 717. The molecule has 0 saturated carbocycles. The van der Waals surface area contributed by atoms with Gasteiger partial charge in [0.05, 0.1) is 0 Å². The minimum atomic E-state index is -0.331. The zero-order valence-corrected chi connectivity index (χ0v) is 14.4. The first-order valence-electron chi connectivity index (χ1n) is 7.00. The van der Waals surface area contributed by atoms with Crippen LogP contribution in [0.4, 0.5) is 5.69 Å². The highest BCUT2D eigenvalue weighted by molar-refractivity contribution is 7.80. The van der Waals surface area contributed by atoms with Gasteiger partial charge in [-0.2, -0.15) is 0 Å². The normalized spacial score (nSPS) is 10.0. The van der Waals surface area contributed by atoms with Crippen molar-refractivity contribution in [1.82, 2.24) is 5.32 Å². The van der Waals surface area contributed by atoms with E-state index in [0.29, 0.717) is 10.8 Å². The van der Waals surface area contributed by atoms with Crippen molar-refractivity contribution in [2.75, 3.05) is 11.9 Å². The third-order valence-corrected chi connectivity index (χ3v) is 3.53. The van der Waals surface area contributed by atoms with Crippen molar-refractivity contribution >= 4 is 40.5 Å². The van der Waals surface area contributed by atoms with E-state index in [9.17, 15) is 4.79 Å². The van der Waals surface area contributed by atoms with Crippen molar-refractivity contribution < 1.29 is 9.53 Å². The fourth-order valence-electron chi connectivity index (χ4n) is 1.87. The average molecular weight is 349 g/mol. The number of benzene rings is 2. The van der Waals surface area contributed by atoms with Crippen LogP contribution in [0.1, 0.15) is 11.1 Å². The van der Waals surface area contributed by atoms with E-state index in [0.717, 1.165) is 16.8 Å². The van der Waals surface area contributed by atoms with Gasteiger partial charge in [0.15, 0.2) is 11.7 Å². The molecule has 0 fully saturated rings. The zero-order valence-electron chi connectivity index (χ0n) is 12.9. The molecule has 4 nitrogen and oxygen atoms in total. The molecular weight excluding hydrogens is 332 g/mol. The van der Waals surface area contributed by atoms with E-state index in [1.165, 1.54) is 0 Å². The van der Waals surface area contributed by atoms with Gasteiger partial charge in [-0.15, -0.1) is 0 Å². The lowest BCUT2D eigenvalue weighted by atomic mass is 10.1. The number of carbonyl (C=O) groups is 1. The van der Waals surface area contributed by atoms with E-state index < -0.39 is 0 Å². The maximum Gasteiger partial charge on any atom is 0.264 e. The highest BCUT2D eigenvalue weighted by atomic mass is 35.5. The van der Waals surface area contributed by atoms with E-state index in [4.69, 9.17) is 28.6 Å². The Labute approximate surface area is 145 Å². The Hall–Kier alpha value is -2.11. The summed E-state index contributed by atoms with van der Waals surface area (Å²) in [4.78, 5) is 11.8. The lowest BCUT2D eigenvalue weighted by molar-refractivity contribution is -0.121. The van der Waals surface area contributed by atoms with Gasteiger partial charge in [0.2, 0.25) is 0 Å². The van der Waals surface area contributed by atoms with Crippen LogP contribution in [0.25, 0.3) is 0 Å². The molecule has 0 unspecified atom stereocenters. The molecule has 0 aliphatic carbocycles. The van der Waals surface area contributed by atoms with Crippen LogP contribution < -0.4 is 15.4 Å². The zero-order chi connectivity index (χ0) is 16.8. The number of carbonyl (C=O) groups excluding carboxylic acids is 1. The second-order valence-corrected chi connectivity index (χ2v) is 5.91. The Morgan fingerprint density at radius 2 is 1.87 bits per heavy atom. The van der Waals surface area contributed by atoms with Crippen molar-refractivity contribution in [2.45, 2.75) is 13.8 Å². The Morgan fingerprint density at radius 3 is 2.57 bits per heavy atom. The molecule has 0 saturated heterocycles. The highest BCUT2D eigenvalue weighted by Crippen LogP contribution is 2.16. The van der Waals surface area contributed by atoms with Crippen LogP contribution in [0.5, 0.6) is 5.75 Å². The van der Waals surface area contributed by atoms with Gasteiger partial charge in [0, 0.05) is 10.7 Å². The molecule has 0 atom stereocenters. The van der Waals surface area contributed by atoms with Gasteiger partial charge in [0.25, 0.3) is 5.91 Å². The van der Waals surface area contributed by atoms with Crippen molar-refractivity contribution in [3.63, 3.8) is 0 Å². The van der Waals surface area contributed by atoms with Crippen LogP contribution in [0.3, 0.4) is 0 Å². The molecule has 0 aromatic heterocycles. The first-order chi connectivity index (χ1) is 10.9. The van der Waals surface area contributed by atoms with Gasteiger partial charge in [0.1, 0.15) is 5.75 Å². The summed E-state index contributed by atoms with van der Waals surface area (Å²) in [6, 6.07) is 12.8. The van der Waals surface area contributed by atoms with Gasteiger partial charge in [-0.25, -0.2) is 0 Å². The SMILES string of the molecule is Cc1ccc(C)c(NC(=S)NC(=O)COc2ccc(Cl)cc2)c1. The number of aryl methyl sites for hydroxylation is 2. The monoisotopic (exact) mass is 348 g/mol. The summed E-state index contributed by atoms with van der Waals surface area (Å²) in [6.45, 7) is 3.83. The highest BCUT2D eigenvalue weighted by Gasteiger charge is 2.07. The Balaban J connectivity index is 1.83. The van der Waals surface area contributed by atoms with E-state index in [1.807, 2.05) is 32.0 Å².